The van der Waals surface area contributed by atoms with E-state index < -0.39 is 0 Å². The number of halogens is 3. The Balaban J connectivity index is 1.65. The molecule has 6 nitrogen and oxygen atoms in total. The Kier molecular flexibility index (Phi) is 7.23. The Labute approximate surface area is 184 Å². The van der Waals surface area contributed by atoms with Crippen LogP contribution in [0.3, 0.4) is 0 Å². The van der Waals surface area contributed by atoms with Crippen LogP contribution in [0.1, 0.15) is 5.82 Å². The fraction of sp³-hybridized carbons (Fsp3) is 0.167. The molecule has 1 heterocycles. The van der Waals surface area contributed by atoms with Crippen LogP contribution in [0.25, 0.3) is 5.69 Å². The predicted molar refractivity (Wildman–Crippen MR) is 115 cm³/mol. The van der Waals surface area contributed by atoms with E-state index in [2.05, 4.69) is 31.4 Å². The van der Waals surface area contributed by atoms with Crippen LogP contribution in [0.4, 0.5) is 0 Å². The Hall–Kier alpha value is -1.74. The topological polar surface area (TPSA) is 69.0 Å². The minimum Gasteiger partial charge on any atom is -0.482 e. The summed E-state index contributed by atoms with van der Waals surface area (Å²) in [5, 5.41) is 12.7. The molecule has 0 fully saturated rings. The molecular weight excluding hydrogens is 487 g/mol. The lowest BCUT2D eigenvalue weighted by Crippen LogP contribution is -2.29. The Morgan fingerprint density at radius 1 is 1.21 bits per heavy atom. The third kappa shape index (κ3) is 5.20. The van der Waals surface area contributed by atoms with Crippen molar-refractivity contribution in [2.75, 3.05) is 12.9 Å². The largest absolute Gasteiger partial charge is 0.482 e. The zero-order valence-corrected chi connectivity index (χ0v) is 18.6. The van der Waals surface area contributed by atoms with E-state index in [1.807, 2.05) is 35.1 Å². The van der Waals surface area contributed by atoms with Crippen molar-refractivity contribution in [2.45, 2.75) is 11.7 Å². The summed E-state index contributed by atoms with van der Waals surface area (Å²) < 4.78 is 8.31. The average molecular weight is 502 g/mol. The second-order valence-electron chi connectivity index (χ2n) is 5.55. The quantitative estimate of drug-likeness (QED) is 0.473. The third-order valence-electron chi connectivity index (χ3n) is 3.66. The summed E-state index contributed by atoms with van der Waals surface area (Å²) in [4.78, 5) is 12.2. The number of thioether (sulfide) groups is 1. The van der Waals surface area contributed by atoms with Gasteiger partial charge in [-0.15, -0.1) is 10.2 Å². The van der Waals surface area contributed by atoms with E-state index >= 15 is 0 Å². The summed E-state index contributed by atoms with van der Waals surface area (Å²) in [7, 11) is 0. The van der Waals surface area contributed by atoms with Crippen molar-refractivity contribution >= 4 is 56.8 Å². The van der Waals surface area contributed by atoms with Crippen molar-refractivity contribution in [2.24, 2.45) is 0 Å². The molecule has 2 aromatic carbocycles. The van der Waals surface area contributed by atoms with Gasteiger partial charge in [0, 0.05) is 15.2 Å². The summed E-state index contributed by atoms with van der Waals surface area (Å²) in [6.07, 6.45) is 1.92. The maximum atomic E-state index is 12.2. The van der Waals surface area contributed by atoms with Crippen LogP contribution in [0.15, 0.2) is 52.1 Å². The van der Waals surface area contributed by atoms with Crippen molar-refractivity contribution in [1.82, 2.24) is 20.1 Å². The number of carbonyl (C=O) groups excluding carboxylic acids is 1. The van der Waals surface area contributed by atoms with Gasteiger partial charge in [0.25, 0.3) is 5.91 Å². The van der Waals surface area contributed by atoms with Crippen molar-refractivity contribution in [3.05, 3.63) is 62.8 Å². The van der Waals surface area contributed by atoms with Gasteiger partial charge in [-0.3, -0.25) is 9.36 Å². The molecule has 1 amide bonds. The maximum Gasteiger partial charge on any atom is 0.258 e. The van der Waals surface area contributed by atoms with Gasteiger partial charge in [-0.05, 0) is 48.7 Å². The molecule has 3 rings (SSSR count). The Morgan fingerprint density at radius 2 is 1.96 bits per heavy atom. The van der Waals surface area contributed by atoms with Gasteiger partial charge in [0.05, 0.1) is 11.6 Å². The number of benzene rings is 2. The first-order valence-electron chi connectivity index (χ1n) is 8.06. The smallest absolute Gasteiger partial charge is 0.258 e. The Bertz CT molecular complexity index is 982. The van der Waals surface area contributed by atoms with Gasteiger partial charge in [-0.25, -0.2) is 0 Å². The molecule has 0 aliphatic rings. The monoisotopic (exact) mass is 500 g/mol. The molecule has 146 valence electrons. The molecule has 1 N–H and O–H groups in total. The Morgan fingerprint density at radius 3 is 2.64 bits per heavy atom. The molecule has 1 aromatic heterocycles. The highest BCUT2D eigenvalue weighted by Gasteiger charge is 2.14. The van der Waals surface area contributed by atoms with E-state index in [4.69, 9.17) is 27.9 Å². The highest BCUT2D eigenvalue weighted by Crippen LogP contribution is 2.27. The van der Waals surface area contributed by atoms with Crippen LogP contribution in [-0.2, 0) is 11.3 Å². The number of nitrogens with zero attached hydrogens (tertiary/aromatic N) is 3. The predicted octanol–water partition coefficient (Wildman–Crippen LogP) is 4.75. The number of aromatic nitrogens is 3. The van der Waals surface area contributed by atoms with Crippen LogP contribution in [0.5, 0.6) is 5.75 Å². The first-order valence-corrected chi connectivity index (χ1v) is 10.8. The lowest BCUT2D eigenvalue weighted by molar-refractivity contribution is -0.123. The second-order valence-corrected chi connectivity index (χ2v) is 8.09. The van der Waals surface area contributed by atoms with Crippen molar-refractivity contribution in [3.63, 3.8) is 0 Å². The van der Waals surface area contributed by atoms with Crippen molar-refractivity contribution < 1.29 is 9.53 Å². The summed E-state index contributed by atoms with van der Waals surface area (Å²) >= 11 is 16.8. The number of rotatable bonds is 7. The zero-order chi connectivity index (χ0) is 20.1. The molecular formula is C18H15BrCl2N4O2S. The lowest BCUT2D eigenvalue weighted by Gasteiger charge is -2.11. The lowest BCUT2D eigenvalue weighted by atomic mass is 10.3. The highest BCUT2D eigenvalue weighted by atomic mass is 79.9. The first kappa shape index (κ1) is 21.0. The van der Waals surface area contributed by atoms with Crippen LogP contribution in [0, 0.1) is 0 Å². The van der Waals surface area contributed by atoms with Gasteiger partial charge in [-0.2, -0.15) is 0 Å². The molecule has 0 atom stereocenters. The van der Waals surface area contributed by atoms with E-state index in [1.54, 1.807) is 18.2 Å². The molecule has 0 spiro atoms. The number of carbonyl (C=O) groups is 1. The second kappa shape index (κ2) is 9.65. The average Bonchev–Trinajstić information content (AvgIpc) is 3.09. The van der Waals surface area contributed by atoms with Gasteiger partial charge < -0.3 is 10.1 Å². The van der Waals surface area contributed by atoms with E-state index in [1.165, 1.54) is 11.8 Å². The van der Waals surface area contributed by atoms with Crippen molar-refractivity contribution in [3.8, 4) is 11.4 Å². The molecule has 10 heteroatoms. The van der Waals surface area contributed by atoms with E-state index in [9.17, 15) is 4.79 Å². The van der Waals surface area contributed by atoms with Gasteiger partial charge in [0.1, 0.15) is 5.75 Å². The minimum absolute atomic E-state index is 0.177. The fourth-order valence-corrected chi connectivity index (χ4v) is 3.60. The fourth-order valence-electron chi connectivity index (χ4n) is 2.36. The van der Waals surface area contributed by atoms with E-state index in [0.717, 1.165) is 15.3 Å². The first-order chi connectivity index (χ1) is 13.5. The highest BCUT2D eigenvalue weighted by molar-refractivity contribution is 9.10. The number of ether oxygens (including phenoxy) is 1. The summed E-state index contributed by atoms with van der Waals surface area (Å²) in [5.74, 6) is 0.704. The van der Waals surface area contributed by atoms with E-state index in [0.29, 0.717) is 21.6 Å². The van der Waals surface area contributed by atoms with Gasteiger partial charge in [-0.1, -0.05) is 50.9 Å². The van der Waals surface area contributed by atoms with Crippen molar-refractivity contribution in [1.29, 1.82) is 0 Å². The molecule has 3 aromatic rings. The standard InChI is InChI=1S/C18H15BrCl2N4O2S/c1-28-18-24-23-16(25(18)13-5-2-11(19)3-6-13)9-22-17(26)10-27-15-7-4-12(20)8-14(15)21/h2-8H,9-10H2,1H3,(H,22,26). The molecule has 28 heavy (non-hydrogen) atoms. The zero-order valence-electron chi connectivity index (χ0n) is 14.7. The molecule has 0 radical (unpaired) electrons. The van der Waals surface area contributed by atoms with Crippen LogP contribution >= 0.6 is 50.9 Å². The normalized spacial score (nSPS) is 10.7. The minimum atomic E-state index is -0.304. The number of hydrogen-bond donors (Lipinski definition) is 1. The molecule has 0 saturated heterocycles. The summed E-state index contributed by atoms with van der Waals surface area (Å²) in [6.45, 7) is 0.0311. The van der Waals surface area contributed by atoms with E-state index in [-0.39, 0.29) is 19.1 Å². The maximum absolute atomic E-state index is 12.2. The SMILES string of the molecule is CSc1nnc(CNC(=O)COc2ccc(Cl)cc2Cl)n1-c1ccc(Br)cc1. The third-order valence-corrected chi connectivity index (χ3v) is 5.35. The van der Waals surface area contributed by atoms with Crippen LogP contribution in [-0.4, -0.2) is 33.5 Å². The number of hydrogen-bond acceptors (Lipinski definition) is 5. The molecule has 0 bridgehead atoms. The number of amides is 1. The van der Waals surface area contributed by atoms with Gasteiger partial charge in [0.15, 0.2) is 17.6 Å². The summed E-state index contributed by atoms with van der Waals surface area (Å²) in [6, 6.07) is 12.6. The molecule has 0 saturated carbocycles. The summed E-state index contributed by atoms with van der Waals surface area (Å²) in [5.41, 5.74) is 0.908. The van der Waals surface area contributed by atoms with Gasteiger partial charge in [0.2, 0.25) is 0 Å². The van der Waals surface area contributed by atoms with Crippen LogP contribution < -0.4 is 10.1 Å². The molecule has 0 aliphatic carbocycles. The molecule has 0 unspecified atom stereocenters. The van der Waals surface area contributed by atoms with Crippen LogP contribution in [0.2, 0.25) is 10.0 Å². The number of nitrogens with one attached hydrogen (secondary N) is 1. The van der Waals surface area contributed by atoms with Gasteiger partial charge >= 0.3 is 0 Å². The molecule has 0 aliphatic heterocycles.